The fourth-order valence-electron chi connectivity index (χ4n) is 3.97. The molecule has 2 aromatic rings. The lowest BCUT2D eigenvalue weighted by atomic mass is 9.86. The Kier molecular flexibility index (Phi) is 4.59. The molecule has 0 aliphatic carbocycles. The highest BCUT2D eigenvalue weighted by atomic mass is 16.5. The summed E-state index contributed by atoms with van der Waals surface area (Å²) in [5.41, 5.74) is 9.49. The molecule has 0 spiro atoms. The van der Waals surface area contributed by atoms with Crippen LogP contribution in [0.2, 0.25) is 0 Å². The molecular weight excluding hydrogens is 308 g/mol. The molecule has 1 heterocycles. The van der Waals surface area contributed by atoms with E-state index in [2.05, 4.69) is 52.6 Å². The van der Waals surface area contributed by atoms with Crippen molar-refractivity contribution in [3.63, 3.8) is 0 Å². The Morgan fingerprint density at radius 1 is 0.920 bits per heavy atom. The van der Waals surface area contributed by atoms with Crippen molar-refractivity contribution >= 4 is 5.84 Å². The average Bonchev–Trinajstić information content (AvgIpc) is 2.99. The van der Waals surface area contributed by atoms with E-state index in [1.807, 2.05) is 18.2 Å². The molecule has 3 rings (SSSR count). The van der Waals surface area contributed by atoms with Gasteiger partial charge in [-0.05, 0) is 80.1 Å². The minimum Gasteiger partial charge on any atom is -0.496 e. The molecule has 0 bridgehead atoms. The van der Waals surface area contributed by atoms with Gasteiger partial charge in [0, 0.05) is 7.05 Å². The van der Waals surface area contributed by atoms with Crippen LogP contribution in [0.5, 0.6) is 5.75 Å². The van der Waals surface area contributed by atoms with E-state index < -0.39 is 0 Å². The van der Waals surface area contributed by atoms with Gasteiger partial charge in [0.1, 0.15) is 11.6 Å². The Labute approximate surface area is 151 Å². The molecule has 1 aliphatic rings. The van der Waals surface area contributed by atoms with Crippen molar-refractivity contribution in [2.45, 2.75) is 40.7 Å². The summed E-state index contributed by atoms with van der Waals surface area (Å²) in [6, 6.07) is 8.39. The summed E-state index contributed by atoms with van der Waals surface area (Å²) < 4.78 is 5.54. The number of rotatable bonds is 3. The molecule has 0 aromatic heterocycles. The number of amidine groups is 1. The van der Waals surface area contributed by atoms with Crippen molar-refractivity contribution in [2.24, 2.45) is 4.99 Å². The molecule has 132 valence electrons. The van der Waals surface area contributed by atoms with Gasteiger partial charge in [0.05, 0.1) is 25.3 Å². The van der Waals surface area contributed by atoms with Gasteiger partial charge in [-0.3, -0.25) is 4.99 Å². The number of para-hydroxylation sites is 1. The van der Waals surface area contributed by atoms with Crippen LogP contribution in [0.4, 0.5) is 0 Å². The van der Waals surface area contributed by atoms with Crippen LogP contribution >= 0.6 is 0 Å². The summed E-state index contributed by atoms with van der Waals surface area (Å²) in [6.45, 7) is 12.0. The second kappa shape index (κ2) is 6.55. The lowest BCUT2D eigenvalue weighted by molar-refractivity contribution is 0.401. The number of nitrogens with zero attached hydrogens (tertiary/aromatic N) is 2. The average molecular weight is 336 g/mol. The van der Waals surface area contributed by atoms with Crippen LogP contribution in [-0.4, -0.2) is 31.4 Å². The number of methoxy groups -OCH3 is 1. The van der Waals surface area contributed by atoms with Crippen molar-refractivity contribution in [3.8, 4) is 5.75 Å². The molecule has 2 aromatic carbocycles. The second-order valence-corrected chi connectivity index (χ2v) is 7.03. The van der Waals surface area contributed by atoms with E-state index in [4.69, 9.17) is 9.73 Å². The summed E-state index contributed by atoms with van der Waals surface area (Å²) in [5.74, 6) is 1.88. The van der Waals surface area contributed by atoms with Gasteiger partial charge >= 0.3 is 0 Å². The van der Waals surface area contributed by atoms with E-state index in [1.165, 1.54) is 33.4 Å². The molecule has 0 fully saturated rings. The minimum atomic E-state index is 0.276. The fraction of sp³-hybridized carbons (Fsp3) is 0.409. The van der Waals surface area contributed by atoms with Crippen molar-refractivity contribution in [2.75, 3.05) is 20.7 Å². The molecule has 0 saturated heterocycles. The molecular formula is C22H28N2O. The first-order valence-electron chi connectivity index (χ1n) is 8.86. The van der Waals surface area contributed by atoms with Crippen LogP contribution in [-0.2, 0) is 0 Å². The highest BCUT2D eigenvalue weighted by Crippen LogP contribution is 2.37. The number of ether oxygens (including phenoxy) is 1. The zero-order valence-corrected chi connectivity index (χ0v) is 16.4. The normalized spacial score (nSPS) is 17.0. The van der Waals surface area contributed by atoms with Crippen molar-refractivity contribution in [3.05, 3.63) is 63.2 Å². The number of benzene rings is 2. The topological polar surface area (TPSA) is 24.8 Å². The molecule has 3 heteroatoms. The van der Waals surface area contributed by atoms with Gasteiger partial charge < -0.3 is 9.64 Å². The van der Waals surface area contributed by atoms with E-state index in [1.54, 1.807) is 7.11 Å². The van der Waals surface area contributed by atoms with Gasteiger partial charge in [-0.1, -0.05) is 12.1 Å². The first-order chi connectivity index (χ1) is 11.9. The van der Waals surface area contributed by atoms with E-state index in [9.17, 15) is 0 Å². The lowest BCUT2D eigenvalue weighted by Crippen LogP contribution is -2.29. The van der Waals surface area contributed by atoms with Gasteiger partial charge in [0.25, 0.3) is 0 Å². The van der Waals surface area contributed by atoms with Crippen LogP contribution in [0.25, 0.3) is 0 Å². The molecule has 1 atom stereocenters. The van der Waals surface area contributed by atoms with Gasteiger partial charge in [-0.25, -0.2) is 0 Å². The SMILES string of the molecule is COc1ccccc1C1=NCC(c2c(C)c(C)c(C)c(C)c2C)N1C. The lowest BCUT2D eigenvalue weighted by Gasteiger charge is -2.29. The summed E-state index contributed by atoms with van der Waals surface area (Å²) in [6.07, 6.45) is 0. The van der Waals surface area contributed by atoms with Gasteiger partial charge in [-0.2, -0.15) is 0 Å². The quantitative estimate of drug-likeness (QED) is 0.813. The standard InChI is InChI=1S/C22H28N2O/c1-13-14(2)16(4)21(17(5)15(13)3)19-12-23-22(24(19)6)18-10-8-9-11-20(18)25-7/h8-11,19H,12H2,1-7H3. The number of hydrogen-bond donors (Lipinski definition) is 0. The van der Waals surface area contributed by atoms with Crippen molar-refractivity contribution in [1.82, 2.24) is 4.90 Å². The number of hydrogen-bond acceptors (Lipinski definition) is 3. The molecule has 0 radical (unpaired) electrons. The first kappa shape index (κ1) is 17.5. The van der Waals surface area contributed by atoms with Crippen LogP contribution in [0.3, 0.4) is 0 Å². The number of likely N-dealkylation sites (N-methyl/N-ethyl adjacent to an activating group) is 1. The summed E-state index contributed by atoms with van der Waals surface area (Å²) >= 11 is 0. The molecule has 0 saturated carbocycles. The smallest absolute Gasteiger partial charge is 0.135 e. The predicted octanol–water partition coefficient (Wildman–Crippen LogP) is 4.67. The van der Waals surface area contributed by atoms with Crippen LogP contribution in [0.1, 0.15) is 45.0 Å². The van der Waals surface area contributed by atoms with E-state index >= 15 is 0 Å². The fourth-order valence-corrected chi connectivity index (χ4v) is 3.97. The molecule has 1 unspecified atom stereocenters. The second-order valence-electron chi connectivity index (χ2n) is 7.03. The largest absolute Gasteiger partial charge is 0.496 e. The Morgan fingerprint density at radius 3 is 2.08 bits per heavy atom. The first-order valence-corrected chi connectivity index (χ1v) is 8.86. The molecule has 0 amide bonds. The predicted molar refractivity (Wildman–Crippen MR) is 105 cm³/mol. The van der Waals surface area contributed by atoms with Gasteiger partial charge in [0.2, 0.25) is 0 Å². The molecule has 25 heavy (non-hydrogen) atoms. The van der Waals surface area contributed by atoms with Crippen LogP contribution in [0.15, 0.2) is 29.3 Å². The third-order valence-electron chi connectivity index (χ3n) is 5.95. The maximum Gasteiger partial charge on any atom is 0.135 e. The maximum absolute atomic E-state index is 5.54. The van der Waals surface area contributed by atoms with Crippen LogP contribution < -0.4 is 4.74 Å². The molecule has 1 aliphatic heterocycles. The Bertz CT molecular complexity index is 822. The summed E-state index contributed by atoms with van der Waals surface area (Å²) in [4.78, 5) is 7.19. The van der Waals surface area contributed by atoms with Crippen molar-refractivity contribution in [1.29, 1.82) is 0 Å². The highest BCUT2D eigenvalue weighted by Gasteiger charge is 2.31. The minimum absolute atomic E-state index is 0.276. The summed E-state index contributed by atoms with van der Waals surface area (Å²) in [5, 5.41) is 0. The third-order valence-corrected chi connectivity index (χ3v) is 5.95. The Balaban J connectivity index is 2.04. The van der Waals surface area contributed by atoms with E-state index in [-0.39, 0.29) is 6.04 Å². The zero-order chi connectivity index (χ0) is 18.3. The number of aliphatic imine (C=N–C) groups is 1. The molecule has 0 N–H and O–H groups in total. The van der Waals surface area contributed by atoms with Crippen molar-refractivity contribution < 1.29 is 4.74 Å². The zero-order valence-electron chi connectivity index (χ0n) is 16.4. The Morgan fingerprint density at radius 2 is 1.48 bits per heavy atom. The van der Waals surface area contributed by atoms with Gasteiger partial charge in [0.15, 0.2) is 0 Å². The summed E-state index contributed by atoms with van der Waals surface area (Å²) in [7, 11) is 3.86. The third kappa shape index (κ3) is 2.72. The highest BCUT2D eigenvalue weighted by molar-refractivity contribution is 6.02. The monoisotopic (exact) mass is 336 g/mol. The Hall–Kier alpha value is -2.29. The maximum atomic E-state index is 5.54. The van der Waals surface area contributed by atoms with Crippen LogP contribution in [0, 0.1) is 34.6 Å². The van der Waals surface area contributed by atoms with E-state index in [0.717, 1.165) is 23.7 Å². The van der Waals surface area contributed by atoms with Gasteiger partial charge in [-0.15, -0.1) is 0 Å². The molecule has 3 nitrogen and oxygen atoms in total. The van der Waals surface area contributed by atoms with E-state index in [0.29, 0.717) is 0 Å².